The zero-order valence-electron chi connectivity index (χ0n) is 13.2. The Morgan fingerprint density at radius 1 is 1.45 bits per heavy atom. The zero-order chi connectivity index (χ0) is 16.1. The molecule has 2 heterocycles. The number of amides is 1. The standard InChI is InChI=1S/C16H22N2O4/c1-4-12(10-19)18(9-13-7-6-8-21-13)16(20)15-11(3)17-14(5-2)22-15/h6-8,12,19H,4-5,9-10H2,1-3H3/t12-/m1/s1. The molecule has 0 aliphatic carbocycles. The first-order valence-corrected chi connectivity index (χ1v) is 7.51. The van der Waals surface area contributed by atoms with Crippen molar-refractivity contribution in [3.8, 4) is 0 Å². The number of carbonyl (C=O) groups excluding carboxylic acids is 1. The summed E-state index contributed by atoms with van der Waals surface area (Å²) in [5.74, 6) is 1.15. The summed E-state index contributed by atoms with van der Waals surface area (Å²) < 4.78 is 10.9. The molecule has 2 aromatic rings. The van der Waals surface area contributed by atoms with Gasteiger partial charge < -0.3 is 18.8 Å². The van der Waals surface area contributed by atoms with Crippen molar-refractivity contribution in [3.05, 3.63) is 41.5 Å². The van der Waals surface area contributed by atoms with Crippen LogP contribution in [0.25, 0.3) is 0 Å². The molecule has 0 fully saturated rings. The summed E-state index contributed by atoms with van der Waals surface area (Å²) in [7, 11) is 0. The Kier molecular flexibility index (Phi) is 5.38. The third-order valence-corrected chi connectivity index (χ3v) is 3.63. The number of nitrogens with zero attached hydrogens (tertiary/aromatic N) is 2. The van der Waals surface area contributed by atoms with Gasteiger partial charge in [-0.05, 0) is 25.5 Å². The molecule has 2 aromatic heterocycles. The minimum absolute atomic E-state index is 0.114. The van der Waals surface area contributed by atoms with Gasteiger partial charge in [-0.25, -0.2) is 4.98 Å². The Morgan fingerprint density at radius 2 is 2.23 bits per heavy atom. The van der Waals surface area contributed by atoms with Crippen LogP contribution in [-0.2, 0) is 13.0 Å². The first-order chi connectivity index (χ1) is 10.6. The molecule has 0 bridgehead atoms. The largest absolute Gasteiger partial charge is 0.467 e. The summed E-state index contributed by atoms with van der Waals surface area (Å²) >= 11 is 0. The van der Waals surface area contributed by atoms with Crippen LogP contribution in [0.5, 0.6) is 0 Å². The number of rotatable bonds is 7. The highest BCUT2D eigenvalue weighted by molar-refractivity contribution is 5.92. The monoisotopic (exact) mass is 306 g/mol. The van der Waals surface area contributed by atoms with Gasteiger partial charge in [-0.2, -0.15) is 0 Å². The van der Waals surface area contributed by atoms with Gasteiger partial charge >= 0.3 is 0 Å². The lowest BCUT2D eigenvalue weighted by Crippen LogP contribution is -2.41. The van der Waals surface area contributed by atoms with Gasteiger partial charge in [-0.3, -0.25) is 4.79 Å². The molecule has 0 saturated heterocycles. The number of oxazole rings is 1. The molecule has 1 amide bonds. The fourth-order valence-electron chi connectivity index (χ4n) is 2.32. The molecule has 2 rings (SSSR count). The third kappa shape index (κ3) is 3.39. The van der Waals surface area contributed by atoms with Crippen LogP contribution in [0.4, 0.5) is 0 Å². The Balaban J connectivity index is 2.30. The van der Waals surface area contributed by atoms with Crippen molar-refractivity contribution in [1.82, 2.24) is 9.88 Å². The van der Waals surface area contributed by atoms with E-state index in [9.17, 15) is 9.90 Å². The second-order valence-electron chi connectivity index (χ2n) is 5.13. The second-order valence-corrected chi connectivity index (χ2v) is 5.13. The molecule has 0 aliphatic heterocycles. The average Bonchev–Trinajstić information content (AvgIpc) is 3.16. The number of hydrogen-bond donors (Lipinski definition) is 1. The number of aliphatic hydroxyl groups excluding tert-OH is 1. The van der Waals surface area contributed by atoms with E-state index in [4.69, 9.17) is 8.83 Å². The molecule has 1 atom stereocenters. The van der Waals surface area contributed by atoms with Gasteiger partial charge in [0, 0.05) is 6.42 Å². The molecule has 0 saturated carbocycles. The highest BCUT2D eigenvalue weighted by atomic mass is 16.4. The molecule has 0 aliphatic rings. The predicted octanol–water partition coefficient (Wildman–Crippen LogP) is 2.55. The number of furan rings is 1. The topological polar surface area (TPSA) is 79.7 Å². The van der Waals surface area contributed by atoms with E-state index >= 15 is 0 Å². The van der Waals surface area contributed by atoms with Crippen molar-refractivity contribution in [3.63, 3.8) is 0 Å². The first-order valence-electron chi connectivity index (χ1n) is 7.51. The number of hydrogen-bond acceptors (Lipinski definition) is 5. The molecule has 1 N–H and O–H groups in total. The van der Waals surface area contributed by atoms with Gasteiger partial charge in [0.25, 0.3) is 5.91 Å². The molecule has 120 valence electrons. The maximum absolute atomic E-state index is 12.8. The first kappa shape index (κ1) is 16.3. The lowest BCUT2D eigenvalue weighted by atomic mass is 10.1. The van der Waals surface area contributed by atoms with Crippen molar-refractivity contribution in [1.29, 1.82) is 0 Å². The van der Waals surface area contributed by atoms with E-state index in [1.807, 2.05) is 13.8 Å². The SMILES string of the molecule is CCc1nc(C)c(C(=O)N(Cc2ccco2)[C@H](CC)CO)o1. The molecule has 6 nitrogen and oxygen atoms in total. The molecule has 0 unspecified atom stereocenters. The summed E-state index contributed by atoms with van der Waals surface area (Å²) in [6.45, 7) is 5.76. The highest BCUT2D eigenvalue weighted by Crippen LogP contribution is 2.19. The van der Waals surface area contributed by atoms with E-state index in [1.165, 1.54) is 0 Å². The summed E-state index contributed by atoms with van der Waals surface area (Å²) in [6.07, 6.45) is 2.83. The van der Waals surface area contributed by atoms with Crippen molar-refractivity contribution in [2.45, 2.75) is 46.2 Å². The Hall–Kier alpha value is -2.08. The predicted molar refractivity (Wildman–Crippen MR) is 80.4 cm³/mol. The molecular weight excluding hydrogens is 284 g/mol. The molecule has 6 heteroatoms. The van der Waals surface area contributed by atoms with Crippen LogP contribution < -0.4 is 0 Å². The fraction of sp³-hybridized carbons (Fsp3) is 0.500. The number of aryl methyl sites for hydroxylation is 2. The van der Waals surface area contributed by atoms with Crippen molar-refractivity contribution in [2.24, 2.45) is 0 Å². The van der Waals surface area contributed by atoms with E-state index in [2.05, 4.69) is 4.98 Å². The zero-order valence-corrected chi connectivity index (χ0v) is 13.2. The van der Waals surface area contributed by atoms with Crippen LogP contribution in [-0.4, -0.2) is 33.5 Å². The van der Waals surface area contributed by atoms with Crippen LogP contribution in [0, 0.1) is 6.92 Å². The number of aromatic nitrogens is 1. The lowest BCUT2D eigenvalue weighted by molar-refractivity contribution is 0.0511. The Labute approximate surface area is 129 Å². The highest BCUT2D eigenvalue weighted by Gasteiger charge is 2.28. The van der Waals surface area contributed by atoms with E-state index in [0.717, 1.165) is 0 Å². The molecule has 0 radical (unpaired) electrons. The summed E-state index contributed by atoms with van der Waals surface area (Å²) in [5, 5.41) is 9.57. The third-order valence-electron chi connectivity index (χ3n) is 3.63. The van der Waals surface area contributed by atoms with E-state index in [0.29, 0.717) is 30.2 Å². The van der Waals surface area contributed by atoms with Gasteiger partial charge in [0.2, 0.25) is 5.76 Å². The van der Waals surface area contributed by atoms with E-state index < -0.39 is 0 Å². The van der Waals surface area contributed by atoms with Gasteiger partial charge in [0.1, 0.15) is 5.76 Å². The number of aliphatic hydroxyl groups is 1. The van der Waals surface area contributed by atoms with Gasteiger partial charge in [-0.1, -0.05) is 13.8 Å². The fourth-order valence-corrected chi connectivity index (χ4v) is 2.32. The minimum atomic E-state index is -0.299. The maximum Gasteiger partial charge on any atom is 0.292 e. The summed E-state index contributed by atoms with van der Waals surface area (Å²) in [4.78, 5) is 18.6. The average molecular weight is 306 g/mol. The maximum atomic E-state index is 12.8. The lowest BCUT2D eigenvalue weighted by Gasteiger charge is -2.28. The van der Waals surface area contributed by atoms with Crippen LogP contribution >= 0.6 is 0 Å². The molecule has 0 aromatic carbocycles. The van der Waals surface area contributed by atoms with Crippen molar-refractivity contribution < 1.29 is 18.7 Å². The van der Waals surface area contributed by atoms with Gasteiger partial charge in [-0.15, -0.1) is 0 Å². The quantitative estimate of drug-likeness (QED) is 0.850. The Bertz CT molecular complexity index is 600. The minimum Gasteiger partial charge on any atom is -0.467 e. The molecule has 0 spiro atoms. The van der Waals surface area contributed by atoms with E-state index in [1.54, 1.807) is 30.2 Å². The van der Waals surface area contributed by atoms with Gasteiger partial charge in [0.05, 0.1) is 31.2 Å². The summed E-state index contributed by atoms with van der Waals surface area (Å²) in [5.41, 5.74) is 0.569. The normalized spacial score (nSPS) is 12.4. The smallest absolute Gasteiger partial charge is 0.292 e. The molecule has 22 heavy (non-hydrogen) atoms. The van der Waals surface area contributed by atoms with Crippen LogP contribution in [0.1, 0.15) is 48.2 Å². The van der Waals surface area contributed by atoms with Crippen molar-refractivity contribution >= 4 is 5.91 Å². The summed E-state index contributed by atoms with van der Waals surface area (Å²) in [6, 6.07) is 3.27. The van der Waals surface area contributed by atoms with Crippen molar-refractivity contribution in [2.75, 3.05) is 6.61 Å². The second kappa shape index (κ2) is 7.26. The Morgan fingerprint density at radius 3 is 2.73 bits per heavy atom. The van der Waals surface area contributed by atoms with Crippen LogP contribution in [0.2, 0.25) is 0 Å². The van der Waals surface area contributed by atoms with E-state index in [-0.39, 0.29) is 30.9 Å². The van der Waals surface area contributed by atoms with Crippen LogP contribution in [0.15, 0.2) is 27.2 Å². The van der Waals surface area contributed by atoms with Gasteiger partial charge in [0.15, 0.2) is 5.89 Å². The number of carbonyl (C=O) groups is 1. The molecular formula is C16H22N2O4. The van der Waals surface area contributed by atoms with Crippen LogP contribution in [0.3, 0.4) is 0 Å².